The molecular formula is C12H17BrN2O. The number of hydrogen-bond acceptors (Lipinski definition) is 2. The highest BCUT2D eigenvalue weighted by molar-refractivity contribution is 9.10. The van der Waals surface area contributed by atoms with Crippen molar-refractivity contribution >= 4 is 27.5 Å². The molecule has 1 aromatic rings. The molecule has 0 saturated carbocycles. The van der Waals surface area contributed by atoms with Gasteiger partial charge in [-0.15, -0.1) is 0 Å². The fourth-order valence-electron chi connectivity index (χ4n) is 1.18. The summed E-state index contributed by atoms with van der Waals surface area (Å²) in [6, 6.07) is 7.95. The third-order valence-electron chi connectivity index (χ3n) is 2.38. The number of halogens is 1. The quantitative estimate of drug-likeness (QED) is 0.922. The van der Waals surface area contributed by atoms with Crippen molar-refractivity contribution in [2.24, 2.45) is 0 Å². The average Bonchev–Trinajstić information content (AvgIpc) is 2.16. The number of nitrogens with one attached hydrogen (secondary N) is 1. The summed E-state index contributed by atoms with van der Waals surface area (Å²) < 4.78 is 0.961. The Morgan fingerprint density at radius 1 is 1.50 bits per heavy atom. The normalized spacial score (nSPS) is 10.9. The van der Waals surface area contributed by atoms with Gasteiger partial charge in [0.25, 0.3) is 0 Å². The van der Waals surface area contributed by atoms with Gasteiger partial charge in [0, 0.05) is 16.2 Å². The van der Waals surface area contributed by atoms with Crippen molar-refractivity contribution in [1.82, 2.24) is 4.90 Å². The standard InChI is InChI=1S/C12H17BrN2O/c1-9(2)15(3)8-12(16)14-11-6-4-5-10(13)7-11/h4-7,9H,8H2,1-3H3,(H,14,16). The smallest absolute Gasteiger partial charge is 0.238 e. The lowest BCUT2D eigenvalue weighted by atomic mass is 10.3. The van der Waals surface area contributed by atoms with Gasteiger partial charge in [0.2, 0.25) is 5.91 Å². The van der Waals surface area contributed by atoms with Crippen LogP contribution < -0.4 is 5.32 Å². The lowest BCUT2D eigenvalue weighted by Crippen LogP contribution is -2.34. The first-order valence-corrected chi connectivity index (χ1v) is 6.04. The molecular weight excluding hydrogens is 268 g/mol. The molecule has 1 amide bonds. The molecule has 0 aliphatic rings. The van der Waals surface area contributed by atoms with E-state index in [2.05, 4.69) is 35.1 Å². The van der Waals surface area contributed by atoms with Crippen LogP contribution in [0.5, 0.6) is 0 Å². The van der Waals surface area contributed by atoms with Gasteiger partial charge in [-0.05, 0) is 39.1 Å². The fourth-order valence-corrected chi connectivity index (χ4v) is 1.58. The summed E-state index contributed by atoms with van der Waals surface area (Å²) in [7, 11) is 1.94. The van der Waals surface area contributed by atoms with Crippen molar-refractivity contribution in [2.75, 3.05) is 18.9 Å². The van der Waals surface area contributed by atoms with E-state index in [4.69, 9.17) is 0 Å². The lowest BCUT2D eigenvalue weighted by molar-refractivity contribution is -0.117. The number of rotatable bonds is 4. The van der Waals surface area contributed by atoms with Crippen LogP contribution in [0, 0.1) is 0 Å². The third-order valence-corrected chi connectivity index (χ3v) is 2.88. The van der Waals surface area contributed by atoms with Crippen LogP contribution in [0.25, 0.3) is 0 Å². The number of likely N-dealkylation sites (N-methyl/N-ethyl adjacent to an activating group) is 1. The Labute approximate surface area is 105 Å². The number of carbonyl (C=O) groups excluding carboxylic acids is 1. The zero-order valence-corrected chi connectivity index (χ0v) is 11.4. The summed E-state index contributed by atoms with van der Waals surface area (Å²) in [6.07, 6.45) is 0. The second-order valence-electron chi connectivity index (χ2n) is 4.07. The number of anilines is 1. The molecule has 0 spiro atoms. The van der Waals surface area contributed by atoms with Crippen molar-refractivity contribution in [3.8, 4) is 0 Å². The number of nitrogens with zero attached hydrogens (tertiary/aromatic N) is 1. The maximum absolute atomic E-state index is 11.7. The second-order valence-corrected chi connectivity index (χ2v) is 4.98. The molecule has 3 nitrogen and oxygen atoms in total. The molecule has 0 atom stereocenters. The molecule has 1 aromatic carbocycles. The summed E-state index contributed by atoms with van der Waals surface area (Å²) in [6.45, 7) is 4.53. The van der Waals surface area contributed by atoms with Gasteiger partial charge in [-0.3, -0.25) is 9.69 Å². The largest absolute Gasteiger partial charge is 0.325 e. The van der Waals surface area contributed by atoms with Gasteiger partial charge < -0.3 is 5.32 Å². The molecule has 0 aliphatic heterocycles. The van der Waals surface area contributed by atoms with Gasteiger partial charge in [-0.1, -0.05) is 22.0 Å². The summed E-state index contributed by atoms with van der Waals surface area (Å²) in [5, 5.41) is 2.86. The minimum Gasteiger partial charge on any atom is -0.325 e. The fraction of sp³-hybridized carbons (Fsp3) is 0.417. The maximum atomic E-state index is 11.7. The SMILES string of the molecule is CC(C)N(C)CC(=O)Nc1cccc(Br)c1. The van der Waals surface area contributed by atoms with Gasteiger partial charge in [-0.2, -0.15) is 0 Å². The predicted octanol–water partition coefficient (Wildman–Crippen LogP) is 2.73. The second kappa shape index (κ2) is 6.01. The van der Waals surface area contributed by atoms with Gasteiger partial charge in [-0.25, -0.2) is 0 Å². The van der Waals surface area contributed by atoms with Crippen molar-refractivity contribution < 1.29 is 4.79 Å². The Hall–Kier alpha value is -0.870. The molecule has 1 N–H and O–H groups in total. The Morgan fingerprint density at radius 3 is 2.75 bits per heavy atom. The zero-order chi connectivity index (χ0) is 12.1. The summed E-state index contributed by atoms with van der Waals surface area (Å²) >= 11 is 3.36. The average molecular weight is 285 g/mol. The molecule has 0 aliphatic carbocycles. The van der Waals surface area contributed by atoms with Crippen LogP contribution in [-0.4, -0.2) is 30.4 Å². The molecule has 0 fully saturated rings. The first kappa shape index (κ1) is 13.2. The highest BCUT2D eigenvalue weighted by Crippen LogP contribution is 2.15. The molecule has 16 heavy (non-hydrogen) atoms. The summed E-state index contributed by atoms with van der Waals surface area (Å²) in [5.74, 6) is 0.00861. The highest BCUT2D eigenvalue weighted by atomic mass is 79.9. The number of hydrogen-bond donors (Lipinski definition) is 1. The molecule has 4 heteroatoms. The van der Waals surface area contributed by atoms with E-state index in [1.165, 1.54) is 0 Å². The highest BCUT2D eigenvalue weighted by Gasteiger charge is 2.09. The van der Waals surface area contributed by atoms with E-state index in [0.717, 1.165) is 10.2 Å². The van der Waals surface area contributed by atoms with Crippen LogP contribution in [0.3, 0.4) is 0 Å². The summed E-state index contributed by atoms with van der Waals surface area (Å²) in [4.78, 5) is 13.7. The van der Waals surface area contributed by atoms with Gasteiger partial charge in [0.1, 0.15) is 0 Å². The minimum absolute atomic E-state index is 0.00861. The number of benzene rings is 1. The molecule has 88 valence electrons. The predicted molar refractivity (Wildman–Crippen MR) is 70.5 cm³/mol. The number of carbonyl (C=O) groups is 1. The van der Waals surface area contributed by atoms with Crippen LogP contribution in [-0.2, 0) is 4.79 Å². The molecule has 0 bridgehead atoms. The summed E-state index contributed by atoms with van der Waals surface area (Å²) in [5.41, 5.74) is 0.816. The van der Waals surface area contributed by atoms with Crippen LogP contribution in [0.1, 0.15) is 13.8 Å². The van der Waals surface area contributed by atoms with Crippen LogP contribution >= 0.6 is 15.9 Å². The topological polar surface area (TPSA) is 32.3 Å². The number of amides is 1. The maximum Gasteiger partial charge on any atom is 0.238 e. The monoisotopic (exact) mass is 284 g/mol. The first-order chi connectivity index (χ1) is 7.49. The third kappa shape index (κ3) is 4.33. The van der Waals surface area contributed by atoms with Crippen LogP contribution in [0.4, 0.5) is 5.69 Å². The van der Waals surface area contributed by atoms with Crippen molar-refractivity contribution in [3.63, 3.8) is 0 Å². The Bertz CT molecular complexity index is 366. The Morgan fingerprint density at radius 2 is 2.19 bits per heavy atom. The van der Waals surface area contributed by atoms with Gasteiger partial charge in [0.05, 0.1) is 6.54 Å². The molecule has 1 rings (SSSR count). The minimum atomic E-state index is 0.00861. The van der Waals surface area contributed by atoms with E-state index in [1.54, 1.807) is 0 Å². The zero-order valence-electron chi connectivity index (χ0n) is 9.83. The Balaban J connectivity index is 2.52. The van der Waals surface area contributed by atoms with E-state index in [1.807, 2.05) is 36.2 Å². The molecule has 0 radical (unpaired) electrons. The van der Waals surface area contributed by atoms with Crippen molar-refractivity contribution in [2.45, 2.75) is 19.9 Å². The van der Waals surface area contributed by atoms with E-state index in [9.17, 15) is 4.79 Å². The van der Waals surface area contributed by atoms with E-state index in [0.29, 0.717) is 12.6 Å². The Kier molecular flexibility index (Phi) is 4.96. The van der Waals surface area contributed by atoms with Gasteiger partial charge >= 0.3 is 0 Å². The van der Waals surface area contributed by atoms with Gasteiger partial charge in [0.15, 0.2) is 0 Å². The van der Waals surface area contributed by atoms with Crippen LogP contribution in [0.2, 0.25) is 0 Å². The van der Waals surface area contributed by atoms with E-state index < -0.39 is 0 Å². The molecule has 0 heterocycles. The van der Waals surface area contributed by atoms with Crippen molar-refractivity contribution in [3.05, 3.63) is 28.7 Å². The molecule has 0 saturated heterocycles. The first-order valence-electron chi connectivity index (χ1n) is 5.24. The van der Waals surface area contributed by atoms with Crippen LogP contribution in [0.15, 0.2) is 28.7 Å². The molecule has 0 aromatic heterocycles. The van der Waals surface area contributed by atoms with E-state index >= 15 is 0 Å². The molecule has 0 unspecified atom stereocenters. The van der Waals surface area contributed by atoms with E-state index in [-0.39, 0.29) is 5.91 Å². The van der Waals surface area contributed by atoms with Crippen molar-refractivity contribution in [1.29, 1.82) is 0 Å². The lowest BCUT2D eigenvalue weighted by Gasteiger charge is -2.20.